The number of ether oxygens (including phenoxy) is 1. The highest BCUT2D eigenvalue weighted by Crippen LogP contribution is 2.11. The van der Waals surface area contributed by atoms with Crippen LogP contribution in [0, 0.1) is 13.8 Å². The summed E-state index contributed by atoms with van der Waals surface area (Å²) in [6, 6.07) is 12.3. The maximum atomic E-state index is 6.04. The van der Waals surface area contributed by atoms with Crippen LogP contribution >= 0.6 is 0 Å². The second kappa shape index (κ2) is 6.37. The molecule has 0 unspecified atom stereocenters. The van der Waals surface area contributed by atoms with Gasteiger partial charge in [0.25, 0.3) is 0 Å². The number of aryl methyl sites for hydroxylation is 2. The number of hydrogen-bond donors (Lipinski definition) is 2. The number of aromatic nitrogens is 2. The number of H-pyrrole nitrogens is 2. The Balaban J connectivity index is 1.92. The lowest BCUT2D eigenvalue weighted by atomic mass is 10.2. The maximum absolute atomic E-state index is 6.04. The van der Waals surface area contributed by atoms with Gasteiger partial charge in [0.2, 0.25) is 0 Å². The molecule has 3 heterocycles. The highest BCUT2D eigenvalue weighted by atomic mass is 16.5. The number of aromatic amines is 2. The van der Waals surface area contributed by atoms with Crippen molar-refractivity contribution >= 4 is 17.8 Å². The van der Waals surface area contributed by atoms with Gasteiger partial charge in [-0.2, -0.15) is 0 Å². The van der Waals surface area contributed by atoms with Crippen LogP contribution in [0.25, 0.3) is 17.8 Å². The first-order valence-electron chi connectivity index (χ1n) is 8.93. The highest BCUT2D eigenvalue weighted by molar-refractivity contribution is 5.76. The van der Waals surface area contributed by atoms with Crippen LogP contribution in [0.3, 0.4) is 0 Å². The van der Waals surface area contributed by atoms with Gasteiger partial charge < -0.3 is 14.7 Å². The zero-order chi connectivity index (χ0) is 18.3. The van der Waals surface area contributed by atoms with Gasteiger partial charge in [-0.25, -0.2) is 4.99 Å². The molecule has 0 spiro atoms. The number of rotatable bonds is 3. The van der Waals surface area contributed by atoms with Crippen LogP contribution in [-0.4, -0.2) is 16.1 Å². The van der Waals surface area contributed by atoms with Gasteiger partial charge in [0.1, 0.15) is 5.75 Å². The first kappa shape index (κ1) is 16.5. The number of benzene rings is 1. The van der Waals surface area contributed by atoms with Crippen LogP contribution in [-0.2, 0) is 0 Å². The van der Waals surface area contributed by atoms with Crippen molar-refractivity contribution in [1.82, 2.24) is 9.97 Å². The van der Waals surface area contributed by atoms with Gasteiger partial charge in [0, 0.05) is 22.7 Å². The van der Waals surface area contributed by atoms with Gasteiger partial charge in [0.05, 0.1) is 27.9 Å². The molecule has 26 heavy (non-hydrogen) atoms. The molecule has 0 saturated carbocycles. The molecule has 0 bridgehead atoms. The minimum Gasteiger partial charge on any atom is -0.489 e. The van der Waals surface area contributed by atoms with E-state index in [0.717, 1.165) is 44.1 Å². The van der Waals surface area contributed by atoms with Crippen LogP contribution in [0.5, 0.6) is 5.75 Å². The van der Waals surface area contributed by atoms with Crippen LogP contribution in [0.2, 0.25) is 0 Å². The molecule has 0 fully saturated rings. The Morgan fingerprint density at radius 2 is 1.88 bits per heavy atom. The van der Waals surface area contributed by atoms with E-state index in [2.05, 4.69) is 48.1 Å². The number of nitrogens with one attached hydrogen (secondary N) is 2. The Bertz CT molecular complexity index is 1170. The first-order chi connectivity index (χ1) is 12.5. The summed E-state index contributed by atoms with van der Waals surface area (Å²) in [5.41, 5.74) is 4.38. The smallest absolute Gasteiger partial charge is 0.145 e. The van der Waals surface area contributed by atoms with E-state index in [-0.39, 0.29) is 6.10 Å². The van der Waals surface area contributed by atoms with Gasteiger partial charge >= 0.3 is 0 Å². The molecule has 0 amide bonds. The topological polar surface area (TPSA) is 53.2 Å². The molecule has 0 aliphatic carbocycles. The Kier molecular flexibility index (Phi) is 4.03. The third-order valence-electron chi connectivity index (χ3n) is 4.40. The van der Waals surface area contributed by atoms with Crippen molar-refractivity contribution in [2.24, 2.45) is 4.99 Å². The fourth-order valence-electron chi connectivity index (χ4n) is 3.25. The van der Waals surface area contributed by atoms with E-state index in [4.69, 9.17) is 9.73 Å². The number of para-hydroxylation sites is 1. The Hall–Kier alpha value is -3.01. The lowest BCUT2D eigenvalue weighted by Gasteiger charge is -2.06. The number of hydrogen-bond acceptors (Lipinski definition) is 2. The number of fused-ring (bicyclic) bond motifs is 1. The van der Waals surface area contributed by atoms with E-state index in [1.165, 1.54) is 5.56 Å². The Morgan fingerprint density at radius 1 is 1.08 bits per heavy atom. The summed E-state index contributed by atoms with van der Waals surface area (Å²) < 4.78 is 6.04. The number of nitrogens with zero attached hydrogens (tertiary/aromatic N) is 1. The van der Waals surface area contributed by atoms with Crippen molar-refractivity contribution in [3.8, 4) is 5.75 Å². The summed E-state index contributed by atoms with van der Waals surface area (Å²) in [5.74, 6) is 0.841. The van der Waals surface area contributed by atoms with E-state index in [9.17, 15) is 0 Å². The standard InChI is InChI=1S/C22H23N3O/c1-13(2)26-22-12-20(19-10-16-7-5-6-8-17(16)24-19)25-21(22)11-18-14(3)9-15(4)23-18/h5-13,23,25H,1-4H3. The fraction of sp³-hybridized carbons (Fsp3) is 0.227. The third kappa shape index (κ3) is 3.10. The van der Waals surface area contributed by atoms with E-state index < -0.39 is 0 Å². The van der Waals surface area contributed by atoms with E-state index in [1.807, 2.05) is 38.1 Å². The lowest BCUT2D eigenvalue weighted by Crippen LogP contribution is -2.19. The van der Waals surface area contributed by atoms with Gasteiger partial charge in [-0.15, -0.1) is 0 Å². The molecule has 132 valence electrons. The fourth-order valence-corrected chi connectivity index (χ4v) is 3.25. The molecule has 2 N–H and O–H groups in total. The van der Waals surface area contributed by atoms with Crippen molar-refractivity contribution in [3.05, 3.63) is 74.6 Å². The lowest BCUT2D eigenvalue weighted by molar-refractivity contribution is 0.240. The summed E-state index contributed by atoms with van der Waals surface area (Å²) in [6.45, 7) is 8.24. The summed E-state index contributed by atoms with van der Waals surface area (Å²) >= 11 is 0. The quantitative estimate of drug-likeness (QED) is 0.747. The molecule has 4 nitrogen and oxygen atoms in total. The largest absolute Gasteiger partial charge is 0.489 e. The van der Waals surface area contributed by atoms with Crippen molar-refractivity contribution in [2.75, 3.05) is 0 Å². The molecule has 0 saturated heterocycles. The summed E-state index contributed by atoms with van der Waals surface area (Å²) in [6.07, 6.45) is 4.31. The molecule has 2 aromatic heterocycles. The molecule has 1 aromatic carbocycles. The second-order valence-corrected chi connectivity index (χ2v) is 7.02. The molecule has 0 atom stereocenters. The average Bonchev–Trinajstić information content (AvgIpc) is 3.25. The molecule has 1 aliphatic rings. The zero-order valence-corrected chi connectivity index (χ0v) is 15.6. The molecule has 4 heteroatoms. The minimum atomic E-state index is 0.101. The van der Waals surface area contributed by atoms with Crippen molar-refractivity contribution in [3.63, 3.8) is 0 Å². The minimum absolute atomic E-state index is 0.101. The van der Waals surface area contributed by atoms with Gasteiger partial charge in [0.15, 0.2) is 0 Å². The predicted molar refractivity (Wildman–Crippen MR) is 105 cm³/mol. The van der Waals surface area contributed by atoms with E-state index >= 15 is 0 Å². The second-order valence-electron chi connectivity index (χ2n) is 7.02. The van der Waals surface area contributed by atoms with Crippen LogP contribution in [0.1, 0.15) is 30.8 Å². The van der Waals surface area contributed by atoms with Crippen molar-refractivity contribution < 1.29 is 4.74 Å². The van der Waals surface area contributed by atoms with Crippen LogP contribution < -0.4 is 26.0 Å². The van der Waals surface area contributed by atoms with Crippen molar-refractivity contribution in [1.29, 1.82) is 0 Å². The molecular weight excluding hydrogens is 322 g/mol. The van der Waals surface area contributed by atoms with Gasteiger partial charge in [-0.3, -0.25) is 0 Å². The monoisotopic (exact) mass is 345 g/mol. The van der Waals surface area contributed by atoms with Crippen LogP contribution in [0.15, 0.2) is 41.4 Å². The summed E-state index contributed by atoms with van der Waals surface area (Å²) in [4.78, 5) is 11.6. The first-order valence-corrected chi connectivity index (χ1v) is 8.93. The van der Waals surface area contributed by atoms with Gasteiger partial charge in [-0.1, -0.05) is 18.2 Å². The Labute approximate surface area is 152 Å². The molecule has 4 rings (SSSR count). The highest BCUT2D eigenvalue weighted by Gasteiger charge is 2.08. The maximum Gasteiger partial charge on any atom is 0.145 e. The van der Waals surface area contributed by atoms with E-state index in [0.29, 0.717) is 0 Å². The van der Waals surface area contributed by atoms with E-state index in [1.54, 1.807) is 0 Å². The zero-order valence-electron chi connectivity index (χ0n) is 15.6. The molecule has 1 aliphatic heterocycles. The van der Waals surface area contributed by atoms with Crippen molar-refractivity contribution in [2.45, 2.75) is 33.8 Å². The normalized spacial score (nSPS) is 15.8. The molecular formula is C22H23N3O. The SMILES string of the molecule is Cc1cc(C)c(C=c2[nH]c(=C3C=c4ccccc4=N3)cc2OC(C)C)[nH]1. The average molecular weight is 345 g/mol. The third-order valence-corrected chi connectivity index (χ3v) is 4.40. The summed E-state index contributed by atoms with van der Waals surface area (Å²) in [5, 5.41) is 4.06. The summed E-state index contributed by atoms with van der Waals surface area (Å²) in [7, 11) is 0. The molecule has 0 radical (unpaired) electrons. The predicted octanol–water partition coefficient (Wildman–Crippen LogP) is 1.80. The Morgan fingerprint density at radius 3 is 2.58 bits per heavy atom. The molecule has 3 aromatic rings. The van der Waals surface area contributed by atoms with Crippen LogP contribution in [0.4, 0.5) is 0 Å². The van der Waals surface area contributed by atoms with Gasteiger partial charge in [-0.05, 0) is 57.5 Å².